The minimum atomic E-state index is -1.05. The van der Waals surface area contributed by atoms with E-state index in [1.807, 2.05) is 36.4 Å². The third-order valence-electron chi connectivity index (χ3n) is 4.53. The van der Waals surface area contributed by atoms with Gasteiger partial charge in [-0.1, -0.05) is 0 Å². The van der Waals surface area contributed by atoms with E-state index in [4.69, 9.17) is 0 Å². The molecular formula is C22H13N5O2. The van der Waals surface area contributed by atoms with E-state index in [1.165, 1.54) is 12.1 Å². The van der Waals surface area contributed by atoms with E-state index >= 15 is 0 Å². The summed E-state index contributed by atoms with van der Waals surface area (Å²) >= 11 is 0. The Morgan fingerprint density at radius 2 is 1.17 bits per heavy atom. The molecule has 0 spiro atoms. The summed E-state index contributed by atoms with van der Waals surface area (Å²) < 4.78 is 0. The number of carboxylic acid groups (broad SMARTS) is 1. The van der Waals surface area contributed by atoms with Gasteiger partial charge in [0.25, 0.3) is 0 Å². The Labute approximate surface area is 164 Å². The van der Waals surface area contributed by atoms with E-state index in [2.05, 4.69) is 24.9 Å². The SMILES string of the molecule is O=C(O)c1cc(-c2ccc3cccnc3n2)nc(-c2ccc3cccnc3n2)c1. The second-order valence-corrected chi connectivity index (χ2v) is 6.42. The number of hydrogen-bond donors (Lipinski definition) is 1. The van der Waals surface area contributed by atoms with Gasteiger partial charge in [0.1, 0.15) is 0 Å². The number of aromatic carboxylic acids is 1. The number of rotatable bonds is 3. The van der Waals surface area contributed by atoms with Crippen molar-refractivity contribution in [1.82, 2.24) is 24.9 Å². The van der Waals surface area contributed by atoms with E-state index in [0.29, 0.717) is 34.1 Å². The zero-order valence-corrected chi connectivity index (χ0v) is 15.0. The number of aromatic nitrogens is 5. The van der Waals surface area contributed by atoms with Crippen molar-refractivity contribution in [3.05, 3.63) is 78.6 Å². The Hall–Kier alpha value is -4.26. The summed E-state index contributed by atoms with van der Waals surface area (Å²) in [6, 6.07) is 17.9. The van der Waals surface area contributed by atoms with Crippen LogP contribution >= 0.6 is 0 Å². The van der Waals surface area contributed by atoms with Crippen molar-refractivity contribution in [2.75, 3.05) is 0 Å². The highest BCUT2D eigenvalue weighted by atomic mass is 16.4. The van der Waals surface area contributed by atoms with E-state index in [1.54, 1.807) is 24.5 Å². The van der Waals surface area contributed by atoms with Gasteiger partial charge in [0.15, 0.2) is 11.3 Å². The fourth-order valence-electron chi connectivity index (χ4n) is 3.11. The summed E-state index contributed by atoms with van der Waals surface area (Å²) in [5, 5.41) is 11.4. The summed E-state index contributed by atoms with van der Waals surface area (Å²) in [6.45, 7) is 0. The van der Waals surface area contributed by atoms with Crippen LogP contribution in [-0.4, -0.2) is 36.0 Å². The smallest absolute Gasteiger partial charge is 0.335 e. The molecule has 0 aliphatic rings. The highest BCUT2D eigenvalue weighted by Crippen LogP contribution is 2.25. The number of carbonyl (C=O) groups is 1. The summed E-state index contributed by atoms with van der Waals surface area (Å²) in [7, 11) is 0. The van der Waals surface area contributed by atoms with Crippen LogP contribution in [0.5, 0.6) is 0 Å². The van der Waals surface area contributed by atoms with Crippen molar-refractivity contribution < 1.29 is 9.90 Å². The number of carboxylic acids is 1. The maximum absolute atomic E-state index is 11.7. The maximum Gasteiger partial charge on any atom is 0.335 e. The van der Waals surface area contributed by atoms with E-state index in [0.717, 1.165) is 10.8 Å². The molecular weight excluding hydrogens is 366 g/mol. The number of nitrogens with zero attached hydrogens (tertiary/aromatic N) is 5. The minimum absolute atomic E-state index is 0.107. The molecule has 5 aromatic rings. The van der Waals surface area contributed by atoms with Crippen LogP contribution in [0.15, 0.2) is 73.1 Å². The summed E-state index contributed by atoms with van der Waals surface area (Å²) in [6.07, 6.45) is 3.33. The van der Waals surface area contributed by atoms with Gasteiger partial charge in [-0.2, -0.15) is 0 Å². The zero-order valence-electron chi connectivity index (χ0n) is 15.0. The monoisotopic (exact) mass is 379 g/mol. The van der Waals surface area contributed by atoms with Crippen molar-refractivity contribution in [3.8, 4) is 22.8 Å². The Bertz CT molecular complexity index is 1300. The molecule has 0 unspecified atom stereocenters. The first-order chi connectivity index (χ1) is 14.2. The van der Waals surface area contributed by atoms with Crippen LogP contribution in [0.3, 0.4) is 0 Å². The topological polar surface area (TPSA) is 102 Å². The molecule has 0 aliphatic carbocycles. The number of fused-ring (bicyclic) bond motifs is 2. The van der Waals surface area contributed by atoms with Gasteiger partial charge >= 0.3 is 5.97 Å². The quantitative estimate of drug-likeness (QED) is 0.505. The van der Waals surface area contributed by atoms with E-state index in [9.17, 15) is 9.90 Å². The molecule has 5 rings (SSSR count). The molecule has 0 bridgehead atoms. The van der Waals surface area contributed by atoms with Gasteiger partial charge in [-0.15, -0.1) is 0 Å². The van der Waals surface area contributed by atoms with E-state index < -0.39 is 5.97 Å². The Balaban J connectivity index is 1.69. The van der Waals surface area contributed by atoms with Crippen molar-refractivity contribution in [2.24, 2.45) is 0 Å². The normalized spacial score (nSPS) is 11.0. The third kappa shape index (κ3) is 3.14. The molecule has 29 heavy (non-hydrogen) atoms. The zero-order chi connectivity index (χ0) is 19.8. The molecule has 7 nitrogen and oxygen atoms in total. The van der Waals surface area contributed by atoms with Gasteiger partial charge in [0.2, 0.25) is 0 Å². The Kier molecular flexibility index (Phi) is 3.91. The van der Waals surface area contributed by atoms with Crippen LogP contribution in [0.25, 0.3) is 44.8 Å². The van der Waals surface area contributed by atoms with Crippen LogP contribution in [0, 0.1) is 0 Å². The minimum Gasteiger partial charge on any atom is -0.478 e. The van der Waals surface area contributed by atoms with Crippen LogP contribution < -0.4 is 0 Å². The summed E-state index contributed by atoms with van der Waals surface area (Å²) in [4.78, 5) is 33.9. The van der Waals surface area contributed by atoms with Gasteiger partial charge in [-0.25, -0.2) is 29.7 Å². The molecule has 0 fully saturated rings. The molecule has 0 amide bonds. The van der Waals surface area contributed by atoms with Gasteiger partial charge in [0, 0.05) is 23.2 Å². The molecule has 1 N–H and O–H groups in total. The molecule has 0 aliphatic heterocycles. The predicted molar refractivity (Wildman–Crippen MR) is 108 cm³/mol. The lowest BCUT2D eigenvalue weighted by Crippen LogP contribution is -2.01. The first-order valence-electron chi connectivity index (χ1n) is 8.87. The first kappa shape index (κ1) is 16.9. The molecule has 0 saturated carbocycles. The van der Waals surface area contributed by atoms with Crippen LogP contribution in [0.2, 0.25) is 0 Å². The second kappa shape index (κ2) is 6.72. The molecule has 5 aromatic heterocycles. The van der Waals surface area contributed by atoms with Gasteiger partial charge < -0.3 is 5.11 Å². The number of pyridine rings is 5. The van der Waals surface area contributed by atoms with Crippen molar-refractivity contribution >= 4 is 28.0 Å². The van der Waals surface area contributed by atoms with Crippen molar-refractivity contribution in [3.63, 3.8) is 0 Å². The average Bonchev–Trinajstić information content (AvgIpc) is 2.78. The first-order valence-corrected chi connectivity index (χ1v) is 8.87. The second-order valence-electron chi connectivity index (χ2n) is 6.42. The number of hydrogen-bond acceptors (Lipinski definition) is 6. The fourth-order valence-corrected chi connectivity index (χ4v) is 3.11. The standard InChI is InChI=1S/C22H13N5O2/c28-22(29)15-11-18(16-7-5-13-3-1-9-23-20(13)26-16)25-19(12-15)17-8-6-14-4-2-10-24-21(14)27-17/h1-12H,(H,28,29). The lowest BCUT2D eigenvalue weighted by atomic mass is 10.1. The average molecular weight is 379 g/mol. The molecule has 0 atom stereocenters. The lowest BCUT2D eigenvalue weighted by Gasteiger charge is -2.08. The highest BCUT2D eigenvalue weighted by Gasteiger charge is 2.14. The molecule has 138 valence electrons. The molecule has 0 saturated heterocycles. The summed E-state index contributed by atoms with van der Waals surface area (Å²) in [5.41, 5.74) is 3.21. The van der Waals surface area contributed by atoms with Crippen LogP contribution in [-0.2, 0) is 0 Å². The van der Waals surface area contributed by atoms with Gasteiger partial charge in [0.05, 0.1) is 28.3 Å². The molecule has 5 heterocycles. The maximum atomic E-state index is 11.7. The predicted octanol–water partition coefficient (Wildman–Crippen LogP) is 4.00. The van der Waals surface area contributed by atoms with Crippen LogP contribution in [0.1, 0.15) is 10.4 Å². The highest BCUT2D eigenvalue weighted by molar-refractivity contribution is 5.91. The van der Waals surface area contributed by atoms with Crippen molar-refractivity contribution in [2.45, 2.75) is 0 Å². The van der Waals surface area contributed by atoms with Crippen molar-refractivity contribution in [1.29, 1.82) is 0 Å². The van der Waals surface area contributed by atoms with Gasteiger partial charge in [-0.05, 0) is 60.7 Å². The van der Waals surface area contributed by atoms with Gasteiger partial charge in [-0.3, -0.25) is 0 Å². The molecule has 0 radical (unpaired) electrons. The van der Waals surface area contributed by atoms with E-state index in [-0.39, 0.29) is 5.56 Å². The molecule has 0 aromatic carbocycles. The third-order valence-corrected chi connectivity index (χ3v) is 4.53. The summed E-state index contributed by atoms with van der Waals surface area (Å²) in [5.74, 6) is -1.05. The lowest BCUT2D eigenvalue weighted by molar-refractivity contribution is 0.0697. The Morgan fingerprint density at radius 3 is 1.66 bits per heavy atom. The largest absolute Gasteiger partial charge is 0.478 e. The molecule has 7 heteroatoms. The van der Waals surface area contributed by atoms with Crippen LogP contribution in [0.4, 0.5) is 0 Å². The Morgan fingerprint density at radius 1 is 0.655 bits per heavy atom. The fraction of sp³-hybridized carbons (Fsp3) is 0.